The zero-order valence-corrected chi connectivity index (χ0v) is 11.4. The second-order valence-electron chi connectivity index (χ2n) is 5.55. The first-order valence-electron chi connectivity index (χ1n) is 5.92. The Morgan fingerprint density at radius 2 is 1.82 bits per heavy atom. The minimum absolute atomic E-state index is 0.0353. The molecule has 0 radical (unpaired) electrons. The Bertz CT molecular complexity index is 269. The summed E-state index contributed by atoms with van der Waals surface area (Å²) >= 11 is 0. The number of carboxylic acids is 1. The number of nitrogens with zero attached hydrogens (tertiary/aromatic N) is 1. The Morgan fingerprint density at radius 1 is 1.29 bits per heavy atom. The highest BCUT2D eigenvalue weighted by Crippen LogP contribution is 2.14. The van der Waals surface area contributed by atoms with Crippen LogP contribution in [0.1, 0.15) is 41.0 Å². The molecule has 0 aromatic heterocycles. The van der Waals surface area contributed by atoms with E-state index in [-0.39, 0.29) is 24.5 Å². The predicted octanol–water partition coefficient (Wildman–Crippen LogP) is 1.93. The molecule has 0 spiro atoms. The fraction of sp³-hybridized carbons (Fsp3) is 0.833. The van der Waals surface area contributed by atoms with E-state index in [2.05, 4.69) is 5.32 Å². The van der Waals surface area contributed by atoms with E-state index in [0.717, 1.165) is 0 Å². The van der Waals surface area contributed by atoms with E-state index in [0.29, 0.717) is 12.5 Å². The van der Waals surface area contributed by atoms with Gasteiger partial charge in [-0.3, -0.25) is 4.79 Å². The maximum Gasteiger partial charge on any atom is 0.317 e. The summed E-state index contributed by atoms with van der Waals surface area (Å²) in [6.07, 6.45) is -0.0353. The van der Waals surface area contributed by atoms with Crippen molar-refractivity contribution in [2.45, 2.75) is 46.6 Å². The van der Waals surface area contributed by atoms with Gasteiger partial charge in [0.25, 0.3) is 0 Å². The van der Waals surface area contributed by atoms with Crippen LogP contribution in [0.3, 0.4) is 0 Å². The fourth-order valence-electron chi connectivity index (χ4n) is 1.34. The lowest BCUT2D eigenvalue weighted by Gasteiger charge is -2.35. The molecule has 0 rings (SSSR count). The molecule has 100 valence electrons. The zero-order valence-electron chi connectivity index (χ0n) is 11.4. The minimum atomic E-state index is -0.893. The Hall–Kier alpha value is -1.26. The predicted molar refractivity (Wildman–Crippen MR) is 66.9 cm³/mol. The molecule has 17 heavy (non-hydrogen) atoms. The Labute approximate surface area is 103 Å². The third-order valence-corrected chi connectivity index (χ3v) is 2.27. The number of amides is 2. The zero-order chi connectivity index (χ0) is 13.6. The molecule has 0 aliphatic rings. The number of carbonyl (C=O) groups excluding carboxylic acids is 1. The van der Waals surface area contributed by atoms with Crippen LogP contribution in [0.2, 0.25) is 0 Å². The summed E-state index contributed by atoms with van der Waals surface area (Å²) in [5.41, 5.74) is -0.378. The number of hydrogen-bond acceptors (Lipinski definition) is 2. The van der Waals surface area contributed by atoms with Crippen molar-refractivity contribution in [2.24, 2.45) is 5.92 Å². The number of aliphatic carboxylic acids is 1. The van der Waals surface area contributed by atoms with E-state index >= 15 is 0 Å². The lowest BCUT2D eigenvalue weighted by Crippen LogP contribution is -2.51. The van der Waals surface area contributed by atoms with Gasteiger partial charge in [0.1, 0.15) is 0 Å². The maximum atomic E-state index is 11.9. The summed E-state index contributed by atoms with van der Waals surface area (Å²) in [4.78, 5) is 24.0. The van der Waals surface area contributed by atoms with Crippen molar-refractivity contribution in [1.29, 1.82) is 0 Å². The summed E-state index contributed by atoms with van der Waals surface area (Å²) < 4.78 is 0. The summed E-state index contributed by atoms with van der Waals surface area (Å²) in [6, 6.07) is -0.201. The van der Waals surface area contributed by atoms with Gasteiger partial charge in [-0.2, -0.15) is 0 Å². The highest BCUT2D eigenvalue weighted by molar-refractivity contribution is 5.76. The van der Waals surface area contributed by atoms with Gasteiger partial charge in [0.15, 0.2) is 0 Å². The normalized spacial score (nSPS) is 11.4. The van der Waals surface area contributed by atoms with Crippen LogP contribution in [0.4, 0.5) is 4.79 Å². The Morgan fingerprint density at radius 3 is 2.18 bits per heavy atom. The Balaban J connectivity index is 4.47. The molecule has 2 amide bonds. The van der Waals surface area contributed by atoms with Gasteiger partial charge in [0.2, 0.25) is 0 Å². The highest BCUT2D eigenvalue weighted by atomic mass is 16.4. The van der Waals surface area contributed by atoms with E-state index < -0.39 is 5.97 Å². The molecule has 0 aromatic carbocycles. The van der Waals surface area contributed by atoms with Crippen molar-refractivity contribution in [3.8, 4) is 0 Å². The molecule has 0 saturated carbocycles. The molecular formula is C12H24N2O3. The molecule has 5 nitrogen and oxygen atoms in total. The molecule has 0 saturated heterocycles. The second kappa shape index (κ2) is 6.47. The topological polar surface area (TPSA) is 69.6 Å². The van der Waals surface area contributed by atoms with Gasteiger partial charge >= 0.3 is 12.0 Å². The molecule has 0 aliphatic heterocycles. The number of urea groups is 1. The first kappa shape index (κ1) is 15.7. The van der Waals surface area contributed by atoms with Crippen LogP contribution >= 0.6 is 0 Å². The number of rotatable bonds is 5. The van der Waals surface area contributed by atoms with Crippen LogP contribution < -0.4 is 5.32 Å². The first-order chi connectivity index (χ1) is 7.64. The van der Waals surface area contributed by atoms with Gasteiger partial charge in [-0.15, -0.1) is 0 Å². The van der Waals surface area contributed by atoms with E-state index in [9.17, 15) is 9.59 Å². The van der Waals surface area contributed by atoms with E-state index in [1.165, 1.54) is 0 Å². The van der Waals surface area contributed by atoms with Gasteiger partial charge < -0.3 is 15.3 Å². The van der Waals surface area contributed by atoms with Gasteiger partial charge in [0.05, 0.1) is 6.42 Å². The quantitative estimate of drug-likeness (QED) is 0.776. The summed E-state index contributed by atoms with van der Waals surface area (Å²) in [5, 5.41) is 11.5. The van der Waals surface area contributed by atoms with Crippen LogP contribution in [0, 0.1) is 5.92 Å². The summed E-state index contributed by atoms with van der Waals surface area (Å²) in [5.74, 6) is -0.517. The molecule has 5 heteroatoms. The summed E-state index contributed by atoms with van der Waals surface area (Å²) in [7, 11) is 0. The van der Waals surface area contributed by atoms with Crippen LogP contribution in [0.15, 0.2) is 0 Å². The molecule has 0 fully saturated rings. The smallest absolute Gasteiger partial charge is 0.317 e. The fourth-order valence-corrected chi connectivity index (χ4v) is 1.34. The van der Waals surface area contributed by atoms with Crippen molar-refractivity contribution in [1.82, 2.24) is 10.2 Å². The number of nitrogens with one attached hydrogen (secondary N) is 1. The van der Waals surface area contributed by atoms with Gasteiger partial charge in [-0.05, 0) is 26.7 Å². The number of hydrogen-bond donors (Lipinski definition) is 2. The SMILES string of the molecule is CC(C)CNC(=O)N(CCC(=O)O)C(C)(C)C. The molecule has 0 atom stereocenters. The molecule has 2 N–H and O–H groups in total. The number of carboxylic acid groups (broad SMARTS) is 1. The highest BCUT2D eigenvalue weighted by Gasteiger charge is 2.26. The van der Waals surface area contributed by atoms with E-state index in [1.54, 1.807) is 4.90 Å². The molecule has 0 unspecified atom stereocenters. The molecule has 0 bridgehead atoms. The molecule has 0 heterocycles. The van der Waals surface area contributed by atoms with Crippen molar-refractivity contribution >= 4 is 12.0 Å². The van der Waals surface area contributed by atoms with Crippen LogP contribution in [0.5, 0.6) is 0 Å². The van der Waals surface area contributed by atoms with E-state index in [4.69, 9.17) is 5.11 Å². The third kappa shape index (κ3) is 6.81. The Kier molecular flexibility index (Phi) is 5.99. The van der Waals surface area contributed by atoms with Crippen molar-refractivity contribution in [2.75, 3.05) is 13.1 Å². The molecular weight excluding hydrogens is 220 g/mol. The summed E-state index contributed by atoms with van der Waals surface area (Å²) in [6.45, 7) is 10.5. The van der Waals surface area contributed by atoms with Gasteiger partial charge in [-0.25, -0.2) is 4.79 Å². The van der Waals surface area contributed by atoms with Crippen molar-refractivity contribution in [3.05, 3.63) is 0 Å². The lowest BCUT2D eigenvalue weighted by molar-refractivity contribution is -0.137. The third-order valence-electron chi connectivity index (χ3n) is 2.27. The number of carbonyl (C=O) groups is 2. The first-order valence-corrected chi connectivity index (χ1v) is 5.92. The van der Waals surface area contributed by atoms with Crippen LogP contribution in [-0.2, 0) is 4.79 Å². The minimum Gasteiger partial charge on any atom is -0.481 e. The average Bonchev–Trinajstić information content (AvgIpc) is 2.12. The lowest BCUT2D eigenvalue weighted by atomic mass is 10.1. The average molecular weight is 244 g/mol. The van der Waals surface area contributed by atoms with Crippen molar-refractivity contribution in [3.63, 3.8) is 0 Å². The standard InChI is InChI=1S/C12H24N2O3/c1-9(2)8-13-11(17)14(12(3,4)5)7-6-10(15)16/h9H,6-8H2,1-5H3,(H,13,17)(H,15,16). The van der Waals surface area contributed by atoms with Gasteiger partial charge in [0, 0.05) is 18.6 Å². The van der Waals surface area contributed by atoms with Crippen molar-refractivity contribution < 1.29 is 14.7 Å². The second-order valence-corrected chi connectivity index (χ2v) is 5.55. The molecule has 0 aromatic rings. The van der Waals surface area contributed by atoms with Gasteiger partial charge in [-0.1, -0.05) is 13.8 Å². The van der Waals surface area contributed by atoms with Crippen LogP contribution in [-0.4, -0.2) is 40.6 Å². The van der Waals surface area contributed by atoms with Crippen LogP contribution in [0.25, 0.3) is 0 Å². The monoisotopic (exact) mass is 244 g/mol. The molecule has 0 aliphatic carbocycles. The van der Waals surface area contributed by atoms with E-state index in [1.807, 2.05) is 34.6 Å². The maximum absolute atomic E-state index is 11.9. The largest absolute Gasteiger partial charge is 0.481 e.